The van der Waals surface area contributed by atoms with Crippen LogP contribution < -0.4 is 0 Å². The lowest BCUT2D eigenvalue weighted by Gasteiger charge is -2.18. The van der Waals surface area contributed by atoms with Crippen molar-refractivity contribution in [3.8, 4) is 0 Å². The fourth-order valence-corrected chi connectivity index (χ4v) is 2.53. The predicted molar refractivity (Wildman–Crippen MR) is 74.0 cm³/mol. The standard InChI is InChI=1S/C17H21F/c18-17(16-12-5-2-6-13-16)14-8-7-11-15-9-3-1-4-10-15/h1,3-4,8-10,16H,2,5-7,11-13H2. The summed E-state index contributed by atoms with van der Waals surface area (Å²) in [5.41, 5.74) is 4.15. The molecule has 18 heavy (non-hydrogen) atoms. The molecule has 0 radical (unpaired) electrons. The Morgan fingerprint density at radius 3 is 2.61 bits per heavy atom. The number of hydrogen-bond donors (Lipinski definition) is 0. The minimum Gasteiger partial charge on any atom is -0.202 e. The monoisotopic (exact) mass is 244 g/mol. The predicted octanol–water partition coefficient (Wildman–Crippen LogP) is 5.21. The first-order chi connectivity index (χ1) is 8.86. The van der Waals surface area contributed by atoms with E-state index in [-0.39, 0.29) is 11.7 Å². The lowest BCUT2D eigenvalue weighted by atomic mass is 9.88. The molecule has 0 spiro atoms. The van der Waals surface area contributed by atoms with Gasteiger partial charge in [-0.05, 0) is 37.3 Å². The molecule has 1 fully saturated rings. The van der Waals surface area contributed by atoms with E-state index in [1.807, 2.05) is 24.3 Å². The maximum absolute atomic E-state index is 13.8. The minimum atomic E-state index is -0.0252. The third-order valence-corrected chi connectivity index (χ3v) is 3.62. The van der Waals surface area contributed by atoms with E-state index in [1.165, 1.54) is 24.8 Å². The van der Waals surface area contributed by atoms with E-state index < -0.39 is 0 Å². The van der Waals surface area contributed by atoms with Crippen molar-refractivity contribution in [2.75, 3.05) is 0 Å². The van der Waals surface area contributed by atoms with Gasteiger partial charge in [0, 0.05) is 5.92 Å². The molecule has 1 aromatic carbocycles. The molecule has 1 saturated carbocycles. The molecule has 1 aliphatic carbocycles. The van der Waals surface area contributed by atoms with E-state index >= 15 is 0 Å². The number of rotatable bonds is 4. The first-order valence-electron chi connectivity index (χ1n) is 7.01. The molecule has 1 aliphatic rings. The normalized spacial score (nSPS) is 16.1. The van der Waals surface area contributed by atoms with E-state index in [9.17, 15) is 4.39 Å². The largest absolute Gasteiger partial charge is 0.202 e. The van der Waals surface area contributed by atoms with Gasteiger partial charge in [-0.2, -0.15) is 0 Å². The minimum absolute atomic E-state index is 0.0252. The summed E-state index contributed by atoms with van der Waals surface area (Å²) >= 11 is 0. The first kappa shape index (κ1) is 13.1. The molecule has 0 nitrogen and oxygen atoms in total. The Bertz CT molecular complexity index is 406. The number of aryl methyl sites for hydroxylation is 1. The van der Waals surface area contributed by atoms with Crippen molar-refractivity contribution in [2.45, 2.75) is 44.9 Å². The fourth-order valence-electron chi connectivity index (χ4n) is 2.53. The maximum Gasteiger partial charge on any atom is 0.145 e. The van der Waals surface area contributed by atoms with Crippen LogP contribution >= 0.6 is 0 Å². The average molecular weight is 244 g/mol. The number of allylic oxidation sites excluding steroid dienone is 1. The van der Waals surface area contributed by atoms with Gasteiger partial charge in [0.2, 0.25) is 0 Å². The summed E-state index contributed by atoms with van der Waals surface area (Å²) in [4.78, 5) is 0. The van der Waals surface area contributed by atoms with Crippen molar-refractivity contribution in [3.05, 3.63) is 53.5 Å². The van der Waals surface area contributed by atoms with Crippen LogP contribution in [0.3, 0.4) is 0 Å². The van der Waals surface area contributed by atoms with Crippen LogP contribution in [0.5, 0.6) is 0 Å². The Morgan fingerprint density at radius 1 is 1.17 bits per heavy atom. The SMILES string of the molecule is FC(=C=CCCc1ccccc1)C1CCCCC1. The molecule has 1 heteroatoms. The molecule has 0 heterocycles. The molecule has 2 rings (SSSR count). The maximum atomic E-state index is 13.8. The summed E-state index contributed by atoms with van der Waals surface area (Å²) in [6.07, 6.45) is 9.30. The van der Waals surface area contributed by atoms with Crippen LogP contribution in [-0.4, -0.2) is 0 Å². The molecule has 96 valence electrons. The van der Waals surface area contributed by atoms with E-state index in [0.29, 0.717) is 0 Å². The fraction of sp³-hybridized carbons (Fsp3) is 0.471. The van der Waals surface area contributed by atoms with Crippen LogP contribution in [-0.2, 0) is 6.42 Å². The lowest BCUT2D eigenvalue weighted by molar-refractivity contribution is 0.348. The molecule has 0 unspecified atom stereocenters. The Hall–Kier alpha value is -1.33. The zero-order valence-electron chi connectivity index (χ0n) is 10.9. The van der Waals surface area contributed by atoms with Crippen molar-refractivity contribution in [1.29, 1.82) is 0 Å². The second-order valence-electron chi connectivity index (χ2n) is 5.06. The van der Waals surface area contributed by atoms with Gasteiger partial charge in [0.25, 0.3) is 0 Å². The second-order valence-corrected chi connectivity index (χ2v) is 5.06. The van der Waals surface area contributed by atoms with Gasteiger partial charge in [-0.1, -0.05) is 55.3 Å². The molecular weight excluding hydrogens is 223 g/mol. The smallest absolute Gasteiger partial charge is 0.145 e. The van der Waals surface area contributed by atoms with Crippen molar-refractivity contribution in [2.24, 2.45) is 5.92 Å². The van der Waals surface area contributed by atoms with Gasteiger partial charge in [-0.25, -0.2) is 4.39 Å². The zero-order chi connectivity index (χ0) is 12.6. The highest BCUT2D eigenvalue weighted by molar-refractivity contribution is 5.15. The molecule has 0 aromatic heterocycles. The van der Waals surface area contributed by atoms with E-state index in [1.54, 1.807) is 0 Å². The van der Waals surface area contributed by atoms with Crippen LogP contribution in [0.15, 0.2) is 48.0 Å². The molecular formula is C17H21F. The summed E-state index contributed by atoms with van der Waals surface area (Å²) in [5.74, 6) is 0.120. The van der Waals surface area contributed by atoms with Crippen LogP contribution in [0.4, 0.5) is 4.39 Å². The Morgan fingerprint density at radius 2 is 1.89 bits per heavy atom. The Balaban J connectivity index is 1.82. The molecule has 0 amide bonds. The van der Waals surface area contributed by atoms with E-state index in [0.717, 1.165) is 25.7 Å². The summed E-state index contributed by atoms with van der Waals surface area (Å²) in [6, 6.07) is 10.3. The van der Waals surface area contributed by atoms with Crippen molar-refractivity contribution in [3.63, 3.8) is 0 Å². The highest BCUT2D eigenvalue weighted by atomic mass is 19.1. The Labute approximate surface area is 109 Å². The Kier molecular flexibility index (Phi) is 5.23. The topological polar surface area (TPSA) is 0 Å². The molecule has 0 bridgehead atoms. The van der Waals surface area contributed by atoms with Crippen molar-refractivity contribution in [1.82, 2.24) is 0 Å². The van der Waals surface area contributed by atoms with Crippen molar-refractivity contribution >= 4 is 0 Å². The summed E-state index contributed by atoms with van der Waals surface area (Å²) in [6.45, 7) is 0. The molecule has 0 atom stereocenters. The van der Waals surface area contributed by atoms with Gasteiger partial charge in [-0.3, -0.25) is 0 Å². The molecule has 0 N–H and O–H groups in total. The van der Waals surface area contributed by atoms with Gasteiger partial charge in [0.05, 0.1) is 0 Å². The number of halogens is 1. The van der Waals surface area contributed by atoms with Gasteiger partial charge >= 0.3 is 0 Å². The number of benzene rings is 1. The van der Waals surface area contributed by atoms with Crippen LogP contribution in [0, 0.1) is 5.92 Å². The van der Waals surface area contributed by atoms with Gasteiger partial charge < -0.3 is 0 Å². The molecule has 0 saturated heterocycles. The van der Waals surface area contributed by atoms with E-state index in [2.05, 4.69) is 17.9 Å². The molecule has 0 aliphatic heterocycles. The van der Waals surface area contributed by atoms with Crippen LogP contribution in [0.2, 0.25) is 0 Å². The lowest BCUT2D eigenvalue weighted by Crippen LogP contribution is -2.05. The molecule has 1 aromatic rings. The third kappa shape index (κ3) is 4.16. The first-order valence-corrected chi connectivity index (χ1v) is 7.01. The summed E-state index contributed by atoms with van der Waals surface area (Å²) in [5, 5.41) is 0. The zero-order valence-corrected chi connectivity index (χ0v) is 10.9. The van der Waals surface area contributed by atoms with Crippen LogP contribution in [0.1, 0.15) is 44.1 Å². The second kappa shape index (κ2) is 7.18. The van der Waals surface area contributed by atoms with Crippen molar-refractivity contribution < 1.29 is 4.39 Å². The van der Waals surface area contributed by atoms with Crippen LogP contribution in [0.25, 0.3) is 0 Å². The average Bonchev–Trinajstić information content (AvgIpc) is 2.45. The summed E-state index contributed by atoms with van der Waals surface area (Å²) in [7, 11) is 0. The third-order valence-electron chi connectivity index (χ3n) is 3.62. The number of hydrogen-bond acceptors (Lipinski definition) is 0. The van der Waals surface area contributed by atoms with Gasteiger partial charge in [-0.15, -0.1) is 0 Å². The van der Waals surface area contributed by atoms with Gasteiger partial charge in [0.15, 0.2) is 0 Å². The highest BCUT2D eigenvalue weighted by Crippen LogP contribution is 2.29. The summed E-state index contributed by atoms with van der Waals surface area (Å²) < 4.78 is 13.8. The van der Waals surface area contributed by atoms with E-state index in [4.69, 9.17) is 0 Å². The van der Waals surface area contributed by atoms with Gasteiger partial charge in [0.1, 0.15) is 5.83 Å². The quantitative estimate of drug-likeness (QED) is 0.638. The highest BCUT2D eigenvalue weighted by Gasteiger charge is 2.17.